The zero-order valence-corrected chi connectivity index (χ0v) is 19.0. The molecule has 3 heterocycles. The van der Waals surface area contributed by atoms with E-state index in [2.05, 4.69) is 34.9 Å². The highest BCUT2D eigenvalue weighted by atomic mass is 32.2. The summed E-state index contributed by atoms with van der Waals surface area (Å²) >= 11 is 0. The van der Waals surface area contributed by atoms with Gasteiger partial charge in [0.2, 0.25) is 0 Å². The number of hydrogen-bond donors (Lipinski definition) is 0. The van der Waals surface area contributed by atoms with Crippen LogP contribution in [0.1, 0.15) is 31.5 Å². The number of aromatic nitrogens is 4. The van der Waals surface area contributed by atoms with Gasteiger partial charge in [-0.25, -0.2) is 13.1 Å². The molecule has 5 rings (SSSR count). The van der Waals surface area contributed by atoms with Crippen LogP contribution in [0.3, 0.4) is 0 Å². The average Bonchev–Trinajstić information content (AvgIpc) is 3.44. The van der Waals surface area contributed by atoms with Crippen LogP contribution in [0.2, 0.25) is 0 Å². The van der Waals surface area contributed by atoms with Gasteiger partial charge < -0.3 is 4.74 Å². The van der Waals surface area contributed by atoms with Crippen LogP contribution in [-0.2, 0) is 21.0 Å². The molecule has 0 N–H and O–H groups in total. The van der Waals surface area contributed by atoms with Crippen LogP contribution < -0.4 is 0 Å². The molecule has 0 bridgehead atoms. The Bertz CT molecular complexity index is 1360. The van der Waals surface area contributed by atoms with Gasteiger partial charge in [0.15, 0.2) is 9.84 Å². The molecule has 0 spiro atoms. The van der Waals surface area contributed by atoms with Gasteiger partial charge in [-0.1, -0.05) is 19.1 Å². The third-order valence-corrected chi connectivity index (χ3v) is 7.23. The van der Waals surface area contributed by atoms with E-state index in [0.717, 1.165) is 60.6 Å². The van der Waals surface area contributed by atoms with Crippen molar-refractivity contribution in [1.29, 1.82) is 0 Å². The van der Waals surface area contributed by atoms with Crippen molar-refractivity contribution < 1.29 is 13.2 Å². The molecule has 32 heavy (non-hydrogen) atoms. The highest BCUT2D eigenvalue weighted by molar-refractivity contribution is 7.90. The van der Waals surface area contributed by atoms with Gasteiger partial charge in [0, 0.05) is 30.4 Å². The Labute approximate surface area is 187 Å². The molecule has 1 aliphatic rings. The quantitative estimate of drug-likeness (QED) is 0.455. The molecule has 7 nitrogen and oxygen atoms in total. The first-order chi connectivity index (χ1) is 15.5. The van der Waals surface area contributed by atoms with Gasteiger partial charge in [0.25, 0.3) is 0 Å². The first-order valence-corrected chi connectivity index (χ1v) is 12.8. The molecule has 1 aliphatic heterocycles. The lowest BCUT2D eigenvalue weighted by Crippen LogP contribution is -2.20. The first kappa shape index (κ1) is 20.9. The molecule has 1 fully saturated rings. The molecule has 4 aromatic rings. The van der Waals surface area contributed by atoms with E-state index in [1.807, 2.05) is 10.7 Å². The molecular weight excluding hydrogens is 424 g/mol. The summed E-state index contributed by atoms with van der Waals surface area (Å²) in [5.41, 5.74) is 5.04. The van der Waals surface area contributed by atoms with E-state index in [-0.39, 0.29) is 0 Å². The zero-order chi connectivity index (χ0) is 22.3. The third kappa shape index (κ3) is 3.73. The second-order valence-corrected chi connectivity index (χ2v) is 10.2. The number of aryl methyl sites for hydroxylation is 1. The monoisotopic (exact) mass is 450 g/mol. The second kappa shape index (κ2) is 8.18. The number of nitrogens with zero attached hydrogens (tertiary/aromatic N) is 4. The van der Waals surface area contributed by atoms with Crippen molar-refractivity contribution in [2.24, 2.45) is 0 Å². The van der Waals surface area contributed by atoms with Crippen LogP contribution in [0.4, 0.5) is 0 Å². The summed E-state index contributed by atoms with van der Waals surface area (Å²) < 4.78 is 33.2. The van der Waals surface area contributed by atoms with Crippen LogP contribution in [0.5, 0.6) is 0 Å². The van der Waals surface area contributed by atoms with E-state index in [9.17, 15) is 8.42 Å². The van der Waals surface area contributed by atoms with Crippen molar-refractivity contribution in [2.45, 2.75) is 37.1 Å². The molecule has 0 saturated carbocycles. The predicted octanol–water partition coefficient (Wildman–Crippen LogP) is 4.21. The molecule has 2 aromatic carbocycles. The minimum absolute atomic E-state index is 0.295. The van der Waals surface area contributed by atoms with E-state index >= 15 is 0 Å². The van der Waals surface area contributed by atoms with Crippen LogP contribution in [-0.4, -0.2) is 47.4 Å². The van der Waals surface area contributed by atoms with Crippen LogP contribution in [0, 0.1) is 0 Å². The van der Waals surface area contributed by atoms with Crippen molar-refractivity contribution >= 4 is 20.7 Å². The number of fused-ring (bicyclic) bond motifs is 1. The molecule has 0 radical (unpaired) electrons. The van der Waals surface area contributed by atoms with Crippen molar-refractivity contribution in [3.05, 3.63) is 60.4 Å². The maximum absolute atomic E-state index is 11.8. The maximum Gasteiger partial charge on any atom is 0.175 e. The Morgan fingerprint density at radius 3 is 2.50 bits per heavy atom. The molecule has 2 aromatic heterocycles. The summed E-state index contributed by atoms with van der Waals surface area (Å²) in [6.45, 7) is 3.67. The minimum atomic E-state index is -3.24. The standard InChI is InChI=1S/C24H26N4O3S/c1-3-22-21-9-4-17(16-24(21)28(26-22)19-11-14-31-15-12-19)23-10-13-25-27(23)18-5-7-20(8-6-18)32(2,29)30/h4-10,13,16,19H,3,11-12,14-15H2,1-2H3. The fraction of sp³-hybridized carbons (Fsp3) is 0.333. The molecule has 166 valence electrons. The Balaban J connectivity index is 1.58. The zero-order valence-electron chi connectivity index (χ0n) is 18.2. The third-order valence-electron chi connectivity index (χ3n) is 6.10. The van der Waals surface area contributed by atoms with E-state index in [1.54, 1.807) is 30.5 Å². The SMILES string of the molecule is CCc1nn(C2CCOCC2)c2cc(-c3ccnn3-c3ccc(S(C)(=O)=O)cc3)ccc12. The molecular formula is C24H26N4O3S. The molecule has 1 saturated heterocycles. The molecule has 0 aliphatic carbocycles. The highest BCUT2D eigenvalue weighted by Crippen LogP contribution is 2.32. The summed E-state index contributed by atoms with van der Waals surface area (Å²) in [4.78, 5) is 0.295. The summed E-state index contributed by atoms with van der Waals surface area (Å²) in [7, 11) is -3.24. The highest BCUT2D eigenvalue weighted by Gasteiger charge is 2.21. The summed E-state index contributed by atoms with van der Waals surface area (Å²) in [6, 6.07) is 15.6. The van der Waals surface area contributed by atoms with Gasteiger partial charge in [-0.3, -0.25) is 4.68 Å². The normalized spacial score (nSPS) is 15.4. The van der Waals surface area contributed by atoms with Crippen LogP contribution in [0.15, 0.2) is 59.6 Å². The van der Waals surface area contributed by atoms with Crippen molar-refractivity contribution in [2.75, 3.05) is 19.5 Å². The Morgan fingerprint density at radius 2 is 1.81 bits per heavy atom. The molecule has 8 heteroatoms. The van der Waals surface area contributed by atoms with Crippen LogP contribution in [0.25, 0.3) is 27.8 Å². The lowest BCUT2D eigenvalue weighted by Gasteiger charge is -2.23. The summed E-state index contributed by atoms with van der Waals surface area (Å²) in [6.07, 6.45) is 5.79. The van der Waals surface area contributed by atoms with Crippen molar-refractivity contribution in [1.82, 2.24) is 19.6 Å². The van der Waals surface area contributed by atoms with Gasteiger partial charge in [-0.2, -0.15) is 10.2 Å². The van der Waals surface area contributed by atoms with Gasteiger partial charge in [0.1, 0.15) is 0 Å². The lowest BCUT2D eigenvalue weighted by molar-refractivity contribution is 0.0674. The maximum atomic E-state index is 11.8. The van der Waals surface area contributed by atoms with E-state index < -0.39 is 9.84 Å². The smallest absolute Gasteiger partial charge is 0.175 e. The molecule has 0 amide bonds. The fourth-order valence-corrected chi connectivity index (χ4v) is 5.02. The van der Waals surface area contributed by atoms with Gasteiger partial charge in [-0.05, 0) is 55.7 Å². The second-order valence-electron chi connectivity index (χ2n) is 8.21. The number of ether oxygens (including phenoxy) is 1. The molecule has 0 unspecified atom stereocenters. The van der Waals surface area contributed by atoms with E-state index in [0.29, 0.717) is 10.9 Å². The number of benzene rings is 2. The van der Waals surface area contributed by atoms with Gasteiger partial charge in [0.05, 0.1) is 39.7 Å². The Hall–Kier alpha value is -2.97. The van der Waals surface area contributed by atoms with E-state index in [4.69, 9.17) is 9.84 Å². The number of rotatable bonds is 5. The van der Waals surface area contributed by atoms with Gasteiger partial charge in [-0.15, -0.1) is 0 Å². The van der Waals surface area contributed by atoms with Crippen LogP contribution >= 0.6 is 0 Å². The van der Waals surface area contributed by atoms with E-state index in [1.165, 1.54) is 11.6 Å². The Kier molecular flexibility index (Phi) is 5.35. The average molecular weight is 451 g/mol. The Morgan fingerprint density at radius 1 is 1.06 bits per heavy atom. The fourth-order valence-electron chi connectivity index (χ4n) is 4.39. The first-order valence-electron chi connectivity index (χ1n) is 10.9. The number of hydrogen-bond acceptors (Lipinski definition) is 5. The lowest BCUT2D eigenvalue weighted by atomic mass is 10.1. The topological polar surface area (TPSA) is 79.0 Å². The van der Waals surface area contributed by atoms with Crippen molar-refractivity contribution in [3.8, 4) is 16.9 Å². The summed E-state index contributed by atoms with van der Waals surface area (Å²) in [5.74, 6) is 0. The molecule has 0 atom stereocenters. The largest absolute Gasteiger partial charge is 0.381 e. The minimum Gasteiger partial charge on any atom is -0.381 e. The number of sulfone groups is 1. The summed E-state index contributed by atoms with van der Waals surface area (Å²) in [5, 5.41) is 10.6. The van der Waals surface area contributed by atoms with Crippen molar-refractivity contribution in [3.63, 3.8) is 0 Å². The predicted molar refractivity (Wildman–Crippen MR) is 124 cm³/mol. The van der Waals surface area contributed by atoms with Gasteiger partial charge >= 0.3 is 0 Å².